The van der Waals surface area contributed by atoms with Crippen molar-refractivity contribution in [2.75, 3.05) is 26.2 Å². The van der Waals surface area contributed by atoms with Gasteiger partial charge in [0.15, 0.2) is 0 Å². The second-order valence-corrected chi connectivity index (χ2v) is 11.8. The molecular formula is C30H36F4N4O3. The molecule has 41 heavy (non-hydrogen) atoms. The lowest BCUT2D eigenvalue weighted by atomic mass is 9.67. The van der Waals surface area contributed by atoms with Crippen LogP contribution in [0.3, 0.4) is 0 Å². The Labute approximate surface area is 237 Å². The number of likely N-dealkylation sites (tertiary alicyclic amines) is 2. The fraction of sp³-hybridized carbons (Fsp3) is 0.567. The molecule has 11 heteroatoms. The summed E-state index contributed by atoms with van der Waals surface area (Å²) in [5.74, 6) is -1.35. The number of rotatable bonds is 8. The minimum atomic E-state index is -4.20. The van der Waals surface area contributed by atoms with Crippen molar-refractivity contribution in [1.82, 2.24) is 14.8 Å². The minimum Gasteiger partial charge on any atom is -0.476 e. The van der Waals surface area contributed by atoms with Gasteiger partial charge in [-0.1, -0.05) is 18.9 Å². The van der Waals surface area contributed by atoms with E-state index in [1.54, 1.807) is 19.1 Å². The van der Waals surface area contributed by atoms with Crippen LogP contribution in [0.15, 0.2) is 36.5 Å². The average Bonchev–Trinajstić information content (AvgIpc) is 3.32. The Morgan fingerprint density at radius 3 is 2.46 bits per heavy atom. The van der Waals surface area contributed by atoms with E-state index in [2.05, 4.69) is 4.98 Å². The topological polar surface area (TPSA) is 88.8 Å². The molecule has 3 aliphatic rings. The molecule has 1 aliphatic carbocycles. The van der Waals surface area contributed by atoms with Gasteiger partial charge >= 0.3 is 6.18 Å². The number of primary amides is 1. The molecule has 2 atom stereocenters. The normalized spacial score (nSPS) is 24.6. The molecule has 3 fully saturated rings. The number of halogens is 4. The molecule has 2 aromatic rings. The summed E-state index contributed by atoms with van der Waals surface area (Å²) in [6.45, 7) is 2.85. The van der Waals surface area contributed by atoms with Crippen LogP contribution in [-0.2, 0) is 4.79 Å². The number of hydrogen-bond donors (Lipinski definition) is 1. The van der Waals surface area contributed by atoms with Gasteiger partial charge in [-0.15, -0.1) is 0 Å². The molecule has 1 unspecified atom stereocenters. The predicted octanol–water partition coefficient (Wildman–Crippen LogP) is 5.33. The Kier molecular flexibility index (Phi) is 8.02. The van der Waals surface area contributed by atoms with Crippen LogP contribution in [-0.4, -0.2) is 70.6 Å². The first-order chi connectivity index (χ1) is 19.4. The van der Waals surface area contributed by atoms with Crippen LogP contribution in [0.1, 0.15) is 68.6 Å². The number of amides is 2. The number of carbonyl (C=O) groups is 2. The van der Waals surface area contributed by atoms with E-state index in [1.165, 1.54) is 23.2 Å². The molecular weight excluding hydrogens is 540 g/mol. The van der Waals surface area contributed by atoms with E-state index >= 15 is 4.39 Å². The predicted molar refractivity (Wildman–Crippen MR) is 145 cm³/mol. The summed E-state index contributed by atoms with van der Waals surface area (Å²) in [4.78, 5) is 32.6. The summed E-state index contributed by atoms with van der Waals surface area (Å²) in [5, 5.41) is 0. The summed E-state index contributed by atoms with van der Waals surface area (Å²) in [6, 6.07) is 7.28. The standard InChI is InChI=1S/C30H36F4N4O3/c1-28(27(35)40)11-5-15-38(28)26(39)20-7-9-23(24(31)16-20)21-8-10-25(36-17-21)41-18-22-6-2-3-14-37(22)19-29(12-4-13-29)30(32,33)34/h7-10,16-17,22H,2-6,11-15,18-19H2,1H3,(H2,35,40)/t22?,28-/m0/s1. The highest BCUT2D eigenvalue weighted by atomic mass is 19.4. The van der Waals surface area contributed by atoms with Gasteiger partial charge in [0.1, 0.15) is 18.0 Å². The number of benzene rings is 1. The van der Waals surface area contributed by atoms with E-state index in [-0.39, 0.29) is 43.2 Å². The number of nitrogens with two attached hydrogens (primary N) is 1. The Hall–Kier alpha value is -3.21. The third kappa shape index (κ3) is 5.65. The molecule has 1 aromatic heterocycles. The molecule has 1 saturated carbocycles. The SMILES string of the molecule is C[C@@]1(C(N)=O)CCCN1C(=O)c1ccc(-c2ccc(OCC3CCCCN3CC3(C(F)(F)F)CCC3)nc2)c(F)c1. The molecule has 7 nitrogen and oxygen atoms in total. The van der Waals surface area contributed by atoms with Gasteiger partial charge in [0.05, 0.1) is 5.41 Å². The summed E-state index contributed by atoms with van der Waals surface area (Å²) >= 11 is 0. The minimum absolute atomic E-state index is 0.00813. The van der Waals surface area contributed by atoms with Gasteiger partial charge in [-0.2, -0.15) is 13.2 Å². The maximum atomic E-state index is 15.1. The highest BCUT2D eigenvalue weighted by molar-refractivity contribution is 5.99. The van der Waals surface area contributed by atoms with Crippen molar-refractivity contribution in [3.8, 4) is 17.0 Å². The average molecular weight is 577 g/mol. The van der Waals surface area contributed by atoms with Crippen molar-refractivity contribution in [1.29, 1.82) is 0 Å². The number of aromatic nitrogens is 1. The van der Waals surface area contributed by atoms with Crippen molar-refractivity contribution in [2.24, 2.45) is 11.1 Å². The zero-order valence-corrected chi connectivity index (χ0v) is 23.2. The molecule has 2 saturated heterocycles. The number of hydrogen-bond acceptors (Lipinski definition) is 5. The van der Waals surface area contributed by atoms with E-state index in [4.69, 9.17) is 10.5 Å². The zero-order chi connectivity index (χ0) is 29.4. The Morgan fingerprint density at radius 2 is 1.85 bits per heavy atom. The Balaban J connectivity index is 1.22. The highest BCUT2D eigenvalue weighted by Crippen LogP contribution is 2.53. The van der Waals surface area contributed by atoms with Crippen LogP contribution >= 0.6 is 0 Å². The van der Waals surface area contributed by atoms with Crippen molar-refractivity contribution in [3.05, 3.63) is 47.9 Å². The lowest BCUT2D eigenvalue weighted by Gasteiger charge is -2.48. The van der Waals surface area contributed by atoms with Crippen LogP contribution in [0, 0.1) is 11.2 Å². The fourth-order valence-electron chi connectivity index (χ4n) is 6.37. The highest BCUT2D eigenvalue weighted by Gasteiger charge is 2.59. The van der Waals surface area contributed by atoms with Gasteiger partial charge in [0.25, 0.3) is 5.91 Å². The van der Waals surface area contributed by atoms with E-state index in [1.807, 2.05) is 4.90 Å². The number of pyridine rings is 1. The van der Waals surface area contributed by atoms with E-state index in [0.717, 1.165) is 25.3 Å². The largest absolute Gasteiger partial charge is 0.476 e. The zero-order valence-electron chi connectivity index (χ0n) is 23.2. The maximum Gasteiger partial charge on any atom is 0.395 e. The molecule has 0 spiro atoms. The summed E-state index contributed by atoms with van der Waals surface area (Å²) in [5.41, 5.74) is 3.67. The number of piperidine rings is 1. The molecule has 2 N–H and O–H groups in total. The molecule has 1 aromatic carbocycles. The summed E-state index contributed by atoms with van der Waals surface area (Å²) in [6.07, 6.45) is 1.90. The van der Waals surface area contributed by atoms with E-state index in [0.29, 0.717) is 43.8 Å². The lowest BCUT2D eigenvalue weighted by molar-refractivity contribution is -0.258. The van der Waals surface area contributed by atoms with Crippen molar-refractivity contribution >= 4 is 11.8 Å². The first-order valence-corrected chi connectivity index (χ1v) is 14.2. The van der Waals surface area contributed by atoms with Gasteiger partial charge in [-0.25, -0.2) is 9.37 Å². The first kappa shape index (κ1) is 29.3. The van der Waals surface area contributed by atoms with Gasteiger partial charge in [-0.3, -0.25) is 14.5 Å². The molecule has 2 amide bonds. The second-order valence-electron chi connectivity index (χ2n) is 11.8. The van der Waals surface area contributed by atoms with Crippen molar-refractivity contribution in [3.63, 3.8) is 0 Å². The van der Waals surface area contributed by atoms with Crippen LogP contribution in [0.2, 0.25) is 0 Å². The summed E-state index contributed by atoms with van der Waals surface area (Å²) in [7, 11) is 0. The summed E-state index contributed by atoms with van der Waals surface area (Å²) < 4.78 is 62.3. The molecule has 5 rings (SSSR count). The maximum absolute atomic E-state index is 15.1. The van der Waals surface area contributed by atoms with Crippen LogP contribution in [0.25, 0.3) is 11.1 Å². The van der Waals surface area contributed by atoms with Crippen LogP contribution in [0.4, 0.5) is 17.6 Å². The van der Waals surface area contributed by atoms with Crippen molar-refractivity contribution in [2.45, 2.75) is 76.0 Å². The number of carbonyl (C=O) groups excluding carboxylic acids is 2. The number of alkyl halides is 3. The third-order valence-corrected chi connectivity index (χ3v) is 9.27. The quantitative estimate of drug-likeness (QED) is 0.429. The smallest absolute Gasteiger partial charge is 0.395 e. The van der Waals surface area contributed by atoms with Crippen LogP contribution < -0.4 is 10.5 Å². The monoisotopic (exact) mass is 576 g/mol. The lowest BCUT2D eigenvalue weighted by Crippen LogP contribution is -2.56. The molecule has 222 valence electrons. The molecule has 3 heterocycles. The Bertz CT molecular complexity index is 1280. The van der Waals surface area contributed by atoms with Gasteiger partial charge in [0.2, 0.25) is 11.8 Å². The van der Waals surface area contributed by atoms with Gasteiger partial charge in [-0.05, 0) is 70.2 Å². The van der Waals surface area contributed by atoms with Crippen molar-refractivity contribution < 1.29 is 31.9 Å². The number of nitrogens with zero attached hydrogens (tertiary/aromatic N) is 3. The Morgan fingerprint density at radius 1 is 1.07 bits per heavy atom. The molecule has 0 radical (unpaired) electrons. The van der Waals surface area contributed by atoms with E-state index < -0.39 is 34.8 Å². The number of ether oxygens (including phenoxy) is 1. The second kappa shape index (κ2) is 11.2. The molecule has 2 aliphatic heterocycles. The molecule has 0 bridgehead atoms. The third-order valence-electron chi connectivity index (χ3n) is 9.27. The van der Waals surface area contributed by atoms with Gasteiger partial charge in [0, 0.05) is 48.1 Å². The van der Waals surface area contributed by atoms with Crippen LogP contribution in [0.5, 0.6) is 5.88 Å². The van der Waals surface area contributed by atoms with E-state index in [9.17, 15) is 22.8 Å². The fourth-order valence-corrected chi connectivity index (χ4v) is 6.37. The van der Waals surface area contributed by atoms with Gasteiger partial charge < -0.3 is 15.4 Å². The first-order valence-electron chi connectivity index (χ1n) is 14.2.